The summed E-state index contributed by atoms with van der Waals surface area (Å²) in [5.41, 5.74) is -1.20. The van der Waals surface area contributed by atoms with E-state index in [1.807, 2.05) is 0 Å². The Morgan fingerprint density at radius 1 is 0.692 bits per heavy atom. The zero-order chi connectivity index (χ0) is 27.8. The molecule has 0 spiro atoms. The predicted molar refractivity (Wildman–Crippen MR) is 142 cm³/mol. The van der Waals surface area contributed by atoms with Crippen molar-refractivity contribution in [2.24, 2.45) is 0 Å². The van der Waals surface area contributed by atoms with Gasteiger partial charge in [0.05, 0.1) is 47.2 Å². The fraction of sp³-hybridized carbons (Fsp3) is 0.0714. The minimum Gasteiger partial charge on any atom is -0.507 e. The van der Waals surface area contributed by atoms with E-state index in [0.717, 1.165) is 12.1 Å². The molecule has 1 aliphatic carbocycles. The van der Waals surface area contributed by atoms with Crippen LogP contribution >= 0.6 is 0 Å². The number of nitrogens with one attached hydrogen (secondary N) is 2. The smallest absolute Gasteiger partial charge is 0.281 e. The summed E-state index contributed by atoms with van der Waals surface area (Å²) in [6.45, 7) is 0. The lowest BCUT2D eigenvalue weighted by Gasteiger charge is -2.24. The van der Waals surface area contributed by atoms with Crippen LogP contribution in [0.3, 0.4) is 0 Å². The number of ether oxygens (including phenoxy) is 2. The highest BCUT2D eigenvalue weighted by Gasteiger charge is 2.41. The van der Waals surface area contributed by atoms with Gasteiger partial charge in [-0.25, -0.2) is 0 Å². The molecule has 0 saturated carbocycles. The van der Waals surface area contributed by atoms with Gasteiger partial charge in [0.25, 0.3) is 5.69 Å². The van der Waals surface area contributed by atoms with E-state index in [-0.39, 0.29) is 16.9 Å². The molecule has 5 rings (SSSR count). The largest absolute Gasteiger partial charge is 0.507 e. The molecule has 0 saturated heterocycles. The maximum absolute atomic E-state index is 13.7. The maximum atomic E-state index is 13.7. The molecule has 0 amide bonds. The summed E-state index contributed by atoms with van der Waals surface area (Å²) in [6.07, 6.45) is 0. The van der Waals surface area contributed by atoms with E-state index in [0.29, 0.717) is 22.9 Å². The van der Waals surface area contributed by atoms with E-state index in [9.17, 15) is 29.9 Å². The maximum Gasteiger partial charge on any atom is 0.281 e. The molecule has 4 N–H and O–H groups in total. The lowest BCUT2D eigenvalue weighted by Crippen LogP contribution is -2.24. The monoisotopic (exact) mass is 527 g/mol. The fourth-order valence-corrected chi connectivity index (χ4v) is 4.43. The third-order valence-electron chi connectivity index (χ3n) is 6.30. The number of carbonyl (C=O) groups excluding carboxylic acids is 2. The molecule has 39 heavy (non-hydrogen) atoms. The van der Waals surface area contributed by atoms with E-state index in [4.69, 9.17) is 9.47 Å². The topological polar surface area (TPSA) is 160 Å². The number of benzene rings is 4. The SMILES string of the molecule is COc1ccc(Nc2cc(Nc3ccc(OC)cc3)c3c(c2O)C(=O)c2c([N+](=O)[O-])ccc(O)c2C3=O)cc1. The Bertz CT molecular complexity index is 1650. The van der Waals surface area contributed by atoms with Crippen molar-refractivity contribution in [3.05, 3.63) is 99.1 Å². The Balaban J connectivity index is 1.72. The molecule has 11 nitrogen and oxygen atoms in total. The van der Waals surface area contributed by atoms with E-state index in [1.165, 1.54) is 20.3 Å². The van der Waals surface area contributed by atoms with E-state index in [2.05, 4.69) is 10.6 Å². The van der Waals surface area contributed by atoms with Crippen LogP contribution in [0.1, 0.15) is 31.8 Å². The number of carbonyl (C=O) groups is 2. The number of anilines is 4. The Kier molecular flexibility index (Phi) is 6.24. The Morgan fingerprint density at radius 3 is 1.72 bits per heavy atom. The molecule has 0 atom stereocenters. The molecule has 0 radical (unpaired) electrons. The third-order valence-corrected chi connectivity index (χ3v) is 6.30. The molecule has 196 valence electrons. The highest BCUT2D eigenvalue weighted by Crippen LogP contribution is 2.47. The number of rotatable bonds is 7. The van der Waals surface area contributed by atoms with Crippen LogP contribution in [0.2, 0.25) is 0 Å². The van der Waals surface area contributed by atoms with Crippen LogP contribution in [-0.2, 0) is 0 Å². The highest BCUT2D eigenvalue weighted by atomic mass is 16.6. The Hall–Kier alpha value is -5.58. The molecule has 4 aromatic carbocycles. The molecule has 0 bridgehead atoms. The summed E-state index contributed by atoms with van der Waals surface area (Å²) >= 11 is 0. The summed E-state index contributed by atoms with van der Waals surface area (Å²) in [6, 6.07) is 16.8. The van der Waals surface area contributed by atoms with Gasteiger partial charge in [-0.15, -0.1) is 0 Å². The molecular weight excluding hydrogens is 506 g/mol. The third kappa shape index (κ3) is 4.31. The van der Waals surface area contributed by atoms with Crippen molar-refractivity contribution in [3.63, 3.8) is 0 Å². The number of phenols is 2. The van der Waals surface area contributed by atoms with Crippen LogP contribution in [0.4, 0.5) is 28.4 Å². The minimum atomic E-state index is -0.976. The van der Waals surface area contributed by atoms with Gasteiger partial charge < -0.3 is 30.3 Å². The molecule has 0 aromatic heterocycles. The average molecular weight is 527 g/mol. The summed E-state index contributed by atoms with van der Waals surface area (Å²) < 4.78 is 10.3. The van der Waals surface area contributed by atoms with Crippen molar-refractivity contribution in [3.8, 4) is 23.0 Å². The summed E-state index contributed by atoms with van der Waals surface area (Å²) in [4.78, 5) is 38.3. The Labute approximate surface area is 221 Å². The second kappa shape index (κ2) is 9.71. The molecular formula is C28H21N3O8. The van der Waals surface area contributed by atoms with E-state index >= 15 is 0 Å². The predicted octanol–water partition coefficient (Wildman–Crippen LogP) is 5.29. The number of hydrogen-bond acceptors (Lipinski definition) is 10. The van der Waals surface area contributed by atoms with Gasteiger partial charge >= 0.3 is 0 Å². The standard InChI is InChI=1S/C28H21N3O8/c1-38-16-7-3-14(4-8-16)29-18-13-19(30-15-5-9-17(39-2)10-6-15)26(33)25-22(18)27(34)24-21(32)12-11-20(31(36)37)23(24)28(25)35/h3-13,29-30,32-33H,1-2H3. The second-order valence-electron chi connectivity index (χ2n) is 8.55. The normalized spacial score (nSPS) is 11.8. The van der Waals surface area contributed by atoms with Crippen LogP contribution in [-0.4, -0.2) is 40.9 Å². The first-order valence-electron chi connectivity index (χ1n) is 11.5. The molecule has 0 aliphatic heterocycles. The number of aromatic hydroxyl groups is 2. The van der Waals surface area contributed by atoms with Gasteiger partial charge in [-0.3, -0.25) is 19.7 Å². The van der Waals surface area contributed by atoms with Crippen LogP contribution in [0.15, 0.2) is 66.7 Å². The van der Waals surface area contributed by atoms with Crippen molar-refractivity contribution in [1.29, 1.82) is 0 Å². The second-order valence-corrected chi connectivity index (χ2v) is 8.55. The molecule has 0 heterocycles. The van der Waals surface area contributed by atoms with Gasteiger partial charge in [0, 0.05) is 17.4 Å². The number of hydrogen-bond donors (Lipinski definition) is 4. The zero-order valence-corrected chi connectivity index (χ0v) is 20.6. The van der Waals surface area contributed by atoms with Gasteiger partial charge in [-0.2, -0.15) is 0 Å². The van der Waals surface area contributed by atoms with Crippen LogP contribution in [0, 0.1) is 10.1 Å². The number of fused-ring (bicyclic) bond motifs is 2. The van der Waals surface area contributed by atoms with Gasteiger partial charge in [-0.05, 0) is 60.7 Å². The highest BCUT2D eigenvalue weighted by molar-refractivity contribution is 6.33. The number of nitrogens with zero attached hydrogens (tertiary/aromatic N) is 1. The Morgan fingerprint density at radius 2 is 1.21 bits per heavy atom. The summed E-state index contributed by atoms with van der Waals surface area (Å²) in [5, 5.41) is 39.5. The van der Waals surface area contributed by atoms with E-state index < -0.39 is 50.4 Å². The van der Waals surface area contributed by atoms with Crippen molar-refractivity contribution >= 4 is 40.0 Å². The lowest BCUT2D eigenvalue weighted by atomic mass is 9.81. The number of methoxy groups -OCH3 is 2. The van der Waals surface area contributed by atoms with E-state index in [1.54, 1.807) is 48.5 Å². The van der Waals surface area contributed by atoms with Gasteiger partial charge in [0.1, 0.15) is 22.8 Å². The van der Waals surface area contributed by atoms with Gasteiger partial charge in [0.2, 0.25) is 11.6 Å². The van der Waals surface area contributed by atoms with Crippen LogP contribution < -0.4 is 20.1 Å². The van der Waals surface area contributed by atoms with Crippen LogP contribution in [0.25, 0.3) is 0 Å². The minimum absolute atomic E-state index is 0.0577. The van der Waals surface area contributed by atoms with Gasteiger partial charge in [0.15, 0.2) is 5.75 Å². The fourth-order valence-electron chi connectivity index (χ4n) is 4.43. The number of ketones is 2. The van der Waals surface area contributed by atoms with Crippen molar-refractivity contribution in [2.75, 3.05) is 24.9 Å². The summed E-state index contributed by atoms with van der Waals surface area (Å²) in [7, 11) is 3.04. The van der Waals surface area contributed by atoms with Crippen molar-refractivity contribution in [2.45, 2.75) is 0 Å². The number of nitro groups is 1. The summed E-state index contributed by atoms with van der Waals surface area (Å²) in [5.74, 6) is -1.81. The zero-order valence-electron chi connectivity index (χ0n) is 20.6. The lowest BCUT2D eigenvalue weighted by molar-refractivity contribution is -0.385. The first-order valence-corrected chi connectivity index (χ1v) is 11.5. The van der Waals surface area contributed by atoms with Gasteiger partial charge in [-0.1, -0.05) is 0 Å². The van der Waals surface area contributed by atoms with Crippen LogP contribution in [0.5, 0.6) is 23.0 Å². The molecule has 0 unspecified atom stereocenters. The molecule has 4 aromatic rings. The first kappa shape index (κ1) is 25.1. The van der Waals surface area contributed by atoms with Crippen molar-refractivity contribution in [1.82, 2.24) is 0 Å². The number of nitro benzene ring substituents is 1. The quantitative estimate of drug-likeness (QED) is 0.0948. The molecule has 11 heteroatoms. The average Bonchev–Trinajstić information content (AvgIpc) is 2.93. The molecule has 0 fully saturated rings. The number of phenolic OH excluding ortho intramolecular Hbond substituents is 2. The van der Waals surface area contributed by atoms with Crippen molar-refractivity contribution < 1.29 is 34.2 Å². The first-order chi connectivity index (χ1) is 18.7. The molecule has 1 aliphatic rings.